The van der Waals surface area contributed by atoms with Crippen LogP contribution >= 0.6 is 0 Å². The Hall–Kier alpha value is -1.69. The van der Waals surface area contributed by atoms with Crippen molar-refractivity contribution in [2.24, 2.45) is 11.1 Å². The van der Waals surface area contributed by atoms with E-state index in [1.807, 2.05) is 13.6 Å². The van der Waals surface area contributed by atoms with Gasteiger partial charge in [-0.25, -0.2) is 0 Å². The molecule has 0 radical (unpaired) electrons. The fourth-order valence-corrected chi connectivity index (χ4v) is 0.821. The first-order valence-corrected chi connectivity index (χ1v) is 5.98. The molecule has 21 heavy (non-hydrogen) atoms. The van der Waals surface area contributed by atoms with Crippen molar-refractivity contribution in [3.63, 3.8) is 0 Å². The molecule has 0 aliphatic carbocycles. The average molecular weight is 307 g/mol. The molecule has 0 bridgehead atoms. The van der Waals surface area contributed by atoms with Crippen LogP contribution in [0.25, 0.3) is 0 Å². The largest absolute Gasteiger partial charge is 0.416 e. The van der Waals surface area contributed by atoms with Crippen molar-refractivity contribution in [2.45, 2.75) is 33.9 Å². The van der Waals surface area contributed by atoms with Gasteiger partial charge in [-0.2, -0.15) is 13.2 Å². The van der Waals surface area contributed by atoms with Crippen LogP contribution in [-0.2, 0) is 15.8 Å². The second-order valence-electron chi connectivity index (χ2n) is 5.13. The number of nitrogens with two attached hydrogens (primary N) is 1. The number of halogens is 3. The monoisotopic (exact) mass is 307 g/mol. The van der Waals surface area contributed by atoms with Crippen LogP contribution in [-0.4, -0.2) is 20.1 Å². The summed E-state index contributed by atoms with van der Waals surface area (Å²) < 4.78 is 35.9. The number of alkyl halides is 3. The van der Waals surface area contributed by atoms with Crippen LogP contribution in [0, 0.1) is 12.3 Å². The number of hydrogen-bond acceptors (Lipinski definition) is 3. The molecule has 0 aliphatic rings. The molecular weight excluding hydrogens is 283 g/mol. The molecule has 0 aliphatic heterocycles. The van der Waals surface area contributed by atoms with Crippen LogP contribution in [0.1, 0.15) is 31.9 Å². The van der Waals surface area contributed by atoms with Gasteiger partial charge >= 0.3 is 6.18 Å². The fraction of sp³-hybridized carbons (Fsp3) is 0.467. The van der Waals surface area contributed by atoms with E-state index in [4.69, 9.17) is 15.3 Å². The Morgan fingerprint density at radius 1 is 1.05 bits per heavy atom. The third kappa shape index (κ3) is 16.3. The topological polar surface area (TPSA) is 60.2 Å². The summed E-state index contributed by atoms with van der Waals surface area (Å²) in [6, 6.07) is 5.22. The lowest BCUT2D eigenvalue weighted by molar-refractivity contribution is -0.137. The van der Waals surface area contributed by atoms with Gasteiger partial charge in [-0.15, -0.1) is 0 Å². The van der Waals surface area contributed by atoms with E-state index in [1.54, 1.807) is 13.0 Å². The Bertz CT molecular complexity index is 372. The number of rotatable bonds is 0. The average Bonchev–Trinajstić information content (AvgIpc) is 2.42. The minimum absolute atomic E-state index is 0.319. The first-order chi connectivity index (χ1) is 9.56. The second kappa shape index (κ2) is 12.1. The smallest absolute Gasteiger partial charge is 0.330 e. The summed E-state index contributed by atoms with van der Waals surface area (Å²) in [6.45, 7) is 12.8. The molecule has 1 aromatic rings. The van der Waals surface area contributed by atoms with Crippen molar-refractivity contribution >= 4 is 13.6 Å². The summed E-state index contributed by atoms with van der Waals surface area (Å²) in [5.74, 6) is 0. The fourth-order valence-electron chi connectivity index (χ4n) is 0.821. The highest BCUT2D eigenvalue weighted by atomic mass is 19.4. The Morgan fingerprint density at radius 3 is 1.62 bits per heavy atom. The lowest BCUT2D eigenvalue weighted by atomic mass is 9.98. The van der Waals surface area contributed by atoms with Crippen molar-refractivity contribution in [1.82, 2.24) is 0 Å². The van der Waals surface area contributed by atoms with Gasteiger partial charge in [0, 0.05) is 0 Å². The van der Waals surface area contributed by atoms with Gasteiger partial charge in [0.15, 0.2) is 0 Å². The molecule has 122 valence electrons. The van der Waals surface area contributed by atoms with E-state index in [1.165, 1.54) is 6.07 Å². The molecular formula is C15H24F3NO2. The lowest BCUT2D eigenvalue weighted by Gasteiger charge is -2.12. The quantitative estimate of drug-likeness (QED) is 0.796. The number of carbonyl (C=O) groups is 2. The molecule has 0 fully saturated rings. The molecule has 6 heteroatoms. The third-order valence-electron chi connectivity index (χ3n) is 1.96. The van der Waals surface area contributed by atoms with Gasteiger partial charge in [-0.3, -0.25) is 0 Å². The lowest BCUT2D eigenvalue weighted by Crippen LogP contribution is -2.18. The first kappa shape index (κ1) is 24.3. The molecule has 0 saturated heterocycles. The van der Waals surface area contributed by atoms with Gasteiger partial charge in [0.2, 0.25) is 0 Å². The molecule has 0 aromatic heterocycles. The maximum absolute atomic E-state index is 12.0. The highest BCUT2D eigenvalue weighted by Crippen LogP contribution is 2.29. The summed E-state index contributed by atoms with van der Waals surface area (Å²) in [7, 11) is 0. The van der Waals surface area contributed by atoms with E-state index in [9.17, 15) is 13.2 Å². The van der Waals surface area contributed by atoms with Crippen LogP contribution in [0.4, 0.5) is 13.2 Å². The zero-order valence-corrected chi connectivity index (χ0v) is 13.0. The summed E-state index contributed by atoms with van der Waals surface area (Å²) in [6.07, 6.45) is -4.22. The van der Waals surface area contributed by atoms with E-state index >= 15 is 0 Å². The first-order valence-electron chi connectivity index (χ1n) is 5.98. The summed E-state index contributed by atoms with van der Waals surface area (Å²) >= 11 is 0. The maximum Gasteiger partial charge on any atom is 0.416 e. The molecule has 0 spiro atoms. The Morgan fingerprint density at radius 2 is 1.43 bits per heavy atom. The van der Waals surface area contributed by atoms with Gasteiger partial charge in [0.1, 0.15) is 13.6 Å². The highest BCUT2D eigenvalue weighted by molar-refractivity contribution is 5.24. The molecule has 0 saturated carbocycles. The predicted octanol–water partition coefficient (Wildman–Crippen LogP) is 3.64. The van der Waals surface area contributed by atoms with Crippen molar-refractivity contribution in [2.75, 3.05) is 6.54 Å². The Kier molecular flexibility index (Phi) is 14.0. The molecule has 0 amide bonds. The van der Waals surface area contributed by atoms with E-state index in [-0.39, 0.29) is 0 Å². The van der Waals surface area contributed by atoms with Crippen molar-refractivity contribution in [3.8, 4) is 0 Å². The van der Waals surface area contributed by atoms with Gasteiger partial charge in [-0.1, -0.05) is 44.5 Å². The summed E-state index contributed by atoms with van der Waals surface area (Å²) in [5, 5.41) is 0. The molecule has 0 atom stereocenters. The summed E-state index contributed by atoms with van der Waals surface area (Å²) in [4.78, 5) is 16.0. The number of aryl methyl sites for hydroxylation is 1. The van der Waals surface area contributed by atoms with Crippen molar-refractivity contribution in [1.29, 1.82) is 0 Å². The standard InChI is InChI=1S/C8H7F3.C5H13N.2CH2O/c1-6-3-2-4-7(5-6)8(9,10)11;1-5(2,3)4-6;2*1-2/h2-5H,1H3;4,6H2,1-3H3;2*1H2. The van der Waals surface area contributed by atoms with E-state index < -0.39 is 11.7 Å². The highest BCUT2D eigenvalue weighted by Gasteiger charge is 2.29. The zero-order valence-electron chi connectivity index (χ0n) is 13.0. The van der Waals surface area contributed by atoms with Crippen molar-refractivity contribution in [3.05, 3.63) is 35.4 Å². The SMILES string of the molecule is C=O.C=O.CC(C)(C)CN.Cc1cccc(C(F)(F)F)c1. The number of benzene rings is 1. The molecule has 1 rings (SSSR count). The minimum atomic E-state index is -4.22. The number of carbonyl (C=O) groups excluding carboxylic acids is 2. The molecule has 2 N–H and O–H groups in total. The second-order valence-corrected chi connectivity index (χ2v) is 5.13. The molecule has 0 unspecified atom stereocenters. The molecule has 1 aromatic carbocycles. The van der Waals surface area contributed by atoms with Gasteiger partial charge < -0.3 is 15.3 Å². The Balaban J connectivity index is -0.000000277. The van der Waals surface area contributed by atoms with Gasteiger partial charge in [0.05, 0.1) is 5.56 Å². The predicted molar refractivity (Wildman–Crippen MR) is 78.9 cm³/mol. The van der Waals surface area contributed by atoms with Gasteiger partial charge in [0.25, 0.3) is 0 Å². The summed E-state index contributed by atoms with van der Waals surface area (Å²) in [5.41, 5.74) is 5.66. The maximum atomic E-state index is 12.0. The van der Waals surface area contributed by atoms with Crippen LogP contribution < -0.4 is 5.73 Å². The normalized spacial score (nSPS) is 9.90. The zero-order chi connectivity index (χ0) is 17.7. The van der Waals surface area contributed by atoms with E-state index in [0.29, 0.717) is 11.0 Å². The third-order valence-corrected chi connectivity index (χ3v) is 1.96. The molecule has 0 heterocycles. The van der Waals surface area contributed by atoms with Crippen LogP contribution in [0.2, 0.25) is 0 Å². The van der Waals surface area contributed by atoms with Crippen LogP contribution in [0.3, 0.4) is 0 Å². The molecule has 3 nitrogen and oxygen atoms in total. The Labute approximate surface area is 124 Å². The van der Waals surface area contributed by atoms with Crippen LogP contribution in [0.5, 0.6) is 0 Å². The van der Waals surface area contributed by atoms with E-state index in [2.05, 4.69) is 20.8 Å². The minimum Gasteiger partial charge on any atom is -0.330 e. The number of hydrogen-bond donors (Lipinski definition) is 1. The van der Waals surface area contributed by atoms with E-state index in [0.717, 1.165) is 18.7 Å². The van der Waals surface area contributed by atoms with Crippen molar-refractivity contribution < 1.29 is 22.8 Å². The van der Waals surface area contributed by atoms with Crippen LogP contribution in [0.15, 0.2) is 24.3 Å². The van der Waals surface area contributed by atoms with Gasteiger partial charge in [-0.05, 0) is 24.9 Å².